The predicted octanol–water partition coefficient (Wildman–Crippen LogP) is 8.47. The standard InChI is InChI=1S/C48H76N2O7/c1-30(2)40-33(51)26-48(36(52)29-49(28-31-12-10-13-31)24-25-50-23-11-14-38(50)53)22-21-46(8)32(41(40)48)15-16-35-45(7)19-18-37(57-39(54)27-43(3,4)42(55)56)44(5,6)34(45)17-20-47(35,46)9/h30-32,34-37,52H,10-29H2,1-9H3,(H,55,56)/t32-,34+,35?,36?,37+,45+,46-,47-,48+/m1/s1. The molecule has 5 saturated carbocycles. The summed E-state index contributed by atoms with van der Waals surface area (Å²) in [6.45, 7) is 23.6. The highest BCUT2D eigenvalue weighted by Crippen LogP contribution is 2.77. The molecule has 0 bridgehead atoms. The number of aliphatic hydroxyl groups excluding tert-OH is 1. The normalized spacial score (nSPS) is 38.4. The topological polar surface area (TPSA) is 124 Å². The molecule has 2 unspecified atom stereocenters. The average molecular weight is 793 g/mol. The van der Waals surface area contributed by atoms with Crippen molar-refractivity contribution in [2.45, 2.75) is 171 Å². The van der Waals surface area contributed by atoms with Crippen LogP contribution >= 0.6 is 0 Å². The van der Waals surface area contributed by atoms with E-state index in [1.54, 1.807) is 13.8 Å². The number of nitrogens with zero attached hydrogens (tertiary/aromatic N) is 2. The molecule has 2 N–H and O–H groups in total. The zero-order valence-corrected chi connectivity index (χ0v) is 37.0. The molecule has 9 nitrogen and oxygen atoms in total. The molecule has 1 aliphatic heterocycles. The first-order valence-electron chi connectivity index (χ1n) is 23.0. The molecule has 9 heteroatoms. The van der Waals surface area contributed by atoms with E-state index < -0.39 is 28.9 Å². The molecule has 0 radical (unpaired) electrons. The van der Waals surface area contributed by atoms with E-state index in [0.29, 0.717) is 43.7 Å². The van der Waals surface area contributed by atoms with Crippen molar-refractivity contribution >= 4 is 23.6 Å². The van der Waals surface area contributed by atoms with E-state index in [2.05, 4.69) is 53.4 Å². The molecule has 7 rings (SSSR count). The van der Waals surface area contributed by atoms with E-state index in [1.165, 1.54) is 24.8 Å². The lowest BCUT2D eigenvalue weighted by Crippen LogP contribution is -2.66. The van der Waals surface area contributed by atoms with Crippen LogP contribution in [-0.2, 0) is 23.9 Å². The quantitative estimate of drug-likeness (QED) is 0.178. The number of carbonyl (C=O) groups is 4. The Morgan fingerprint density at radius 2 is 1.63 bits per heavy atom. The molecule has 1 saturated heterocycles. The van der Waals surface area contributed by atoms with E-state index in [-0.39, 0.29) is 57.7 Å². The van der Waals surface area contributed by atoms with Gasteiger partial charge in [0.05, 0.1) is 17.9 Å². The number of hydrogen-bond acceptors (Lipinski definition) is 7. The zero-order chi connectivity index (χ0) is 41.5. The summed E-state index contributed by atoms with van der Waals surface area (Å²) >= 11 is 0. The number of likely N-dealkylation sites (tertiary alicyclic amines) is 1. The van der Waals surface area contributed by atoms with Gasteiger partial charge in [0.25, 0.3) is 0 Å². The van der Waals surface area contributed by atoms with Crippen LogP contribution in [0.1, 0.15) is 159 Å². The molecule has 1 amide bonds. The summed E-state index contributed by atoms with van der Waals surface area (Å²) in [6, 6.07) is 0. The molecule has 0 aromatic heterocycles. The lowest BCUT2D eigenvalue weighted by Gasteiger charge is -2.72. The number of carbonyl (C=O) groups excluding carboxylic acids is 3. The maximum atomic E-state index is 14.3. The molecule has 7 aliphatic rings. The van der Waals surface area contributed by atoms with Crippen LogP contribution in [0.25, 0.3) is 0 Å². The molecular formula is C48H76N2O7. The lowest BCUT2D eigenvalue weighted by molar-refractivity contribution is -0.235. The average Bonchev–Trinajstić information content (AvgIpc) is 3.66. The van der Waals surface area contributed by atoms with Crippen molar-refractivity contribution < 1.29 is 34.1 Å². The Hall–Kier alpha value is -2.26. The highest BCUT2D eigenvalue weighted by molar-refractivity contribution is 6.00. The summed E-state index contributed by atoms with van der Waals surface area (Å²) < 4.78 is 6.20. The van der Waals surface area contributed by atoms with E-state index in [4.69, 9.17) is 4.74 Å². The minimum Gasteiger partial charge on any atom is -0.481 e. The van der Waals surface area contributed by atoms with Gasteiger partial charge in [-0.15, -0.1) is 0 Å². The molecule has 0 aromatic rings. The van der Waals surface area contributed by atoms with Gasteiger partial charge in [-0.3, -0.25) is 24.1 Å². The maximum absolute atomic E-state index is 14.3. The van der Waals surface area contributed by atoms with Gasteiger partial charge in [-0.05, 0) is 136 Å². The van der Waals surface area contributed by atoms with Crippen molar-refractivity contribution in [3.8, 4) is 0 Å². The van der Waals surface area contributed by atoms with Crippen molar-refractivity contribution in [1.29, 1.82) is 0 Å². The van der Waals surface area contributed by atoms with Crippen LogP contribution < -0.4 is 0 Å². The number of aliphatic hydroxyl groups is 1. The van der Waals surface area contributed by atoms with Gasteiger partial charge >= 0.3 is 11.9 Å². The van der Waals surface area contributed by atoms with E-state index in [1.807, 2.05) is 4.90 Å². The molecule has 320 valence electrons. The Kier molecular flexibility index (Phi) is 11.3. The number of amides is 1. The van der Waals surface area contributed by atoms with Crippen LogP contribution in [-0.4, -0.2) is 88.6 Å². The third-order valence-corrected chi connectivity index (χ3v) is 18.5. The number of allylic oxidation sites excluding steroid dienone is 1. The second kappa shape index (κ2) is 15.0. The first-order chi connectivity index (χ1) is 26.6. The Labute approximate surface area is 343 Å². The highest BCUT2D eigenvalue weighted by atomic mass is 16.5. The molecule has 0 aromatic carbocycles. The summed E-state index contributed by atoms with van der Waals surface area (Å²) in [5.41, 5.74) is 0.446. The van der Waals surface area contributed by atoms with Gasteiger partial charge in [0.2, 0.25) is 5.91 Å². The number of esters is 1. The van der Waals surface area contributed by atoms with Crippen molar-refractivity contribution in [3.63, 3.8) is 0 Å². The number of rotatable bonds is 13. The fourth-order valence-corrected chi connectivity index (χ4v) is 14.8. The van der Waals surface area contributed by atoms with Crippen LogP contribution in [0.4, 0.5) is 0 Å². The third kappa shape index (κ3) is 6.96. The summed E-state index contributed by atoms with van der Waals surface area (Å²) in [7, 11) is 0. The second-order valence-electron chi connectivity index (χ2n) is 22.6. The molecule has 6 aliphatic carbocycles. The summed E-state index contributed by atoms with van der Waals surface area (Å²) in [5, 5.41) is 22.3. The number of fused-ring (bicyclic) bond motifs is 7. The molecule has 1 heterocycles. The fraction of sp³-hybridized carbons (Fsp3) is 0.875. The number of carboxylic acids is 1. The van der Waals surface area contributed by atoms with Crippen molar-refractivity contribution in [2.24, 2.45) is 62.1 Å². The van der Waals surface area contributed by atoms with E-state index in [0.717, 1.165) is 83.0 Å². The van der Waals surface area contributed by atoms with Crippen LogP contribution in [0.15, 0.2) is 11.1 Å². The molecule has 6 fully saturated rings. The third-order valence-electron chi connectivity index (χ3n) is 18.5. The first kappa shape index (κ1) is 42.8. The zero-order valence-electron chi connectivity index (χ0n) is 37.0. The van der Waals surface area contributed by atoms with Crippen molar-refractivity contribution in [2.75, 3.05) is 32.7 Å². The van der Waals surface area contributed by atoms with Crippen LogP contribution in [0, 0.1) is 62.1 Å². The Balaban J connectivity index is 1.14. The number of Topliss-reactive ketones (excluding diaryl/α,β-unsaturated/α-hetero) is 1. The van der Waals surface area contributed by atoms with Gasteiger partial charge in [0.1, 0.15) is 6.10 Å². The molecule has 57 heavy (non-hydrogen) atoms. The summed E-state index contributed by atoms with van der Waals surface area (Å²) in [6.07, 6.45) is 12.5. The molecule has 0 spiro atoms. The van der Waals surface area contributed by atoms with Crippen molar-refractivity contribution in [1.82, 2.24) is 9.80 Å². The minimum absolute atomic E-state index is 0.0230. The summed E-state index contributed by atoms with van der Waals surface area (Å²) in [5.74, 6) is 0.940. The Morgan fingerprint density at radius 3 is 2.25 bits per heavy atom. The van der Waals surface area contributed by atoms with Gasteiger partial charge in [-0.25, -0.2) is 0 Å². The number of ether oxygens (including phenoxy) is 1. The van der Waals surface area contributed by atoms with Crippen LogP contribution in [0.5, 0.6) is 0 Å². The lowest BCUT2D eigenvalue weighted by atomic mass is 9.33. The SMILES string of the molecule is CC(C)C1=C2[C@H]3CCC4[C@@]5(C)CC[C@H](OC(=O)CC(C)(C)C(=O)O)C(C)(C)[C@@H]5CC[C@@]4(C)[C@]3(C)CC[C@@]2(C(O)CN(CCN2CCCC2=O)CC2CCC2)CC1=O. The number of ketones is 1. The Bertz CT molecular complexity index is 1650. The van der Waals surface area contributed by atoms with Gasteiger partial charge in [0.15, 0.2) is 5.78 Å². The van der Waals surface area contributed by atoms with Gasteiger partial charge < -0.3 is 19.8 Å². The van der Waals surface area contributed by atoms with Crippen molar-refractivity contribution in [3.05, 3.63) is 11.1 Å². The smallest absolute Gasteiger partial charge is 0.309 e. The maximum Gasteiger partial charge on any atom is 0.309 e. The van der Waals surface area contributed by atoms with E-state index >= 15 is 0 Å². The number of carboxylic acid groups (broad SMARTS) is 1. The largest absolute Gasteiger partial charge is 0.481 e. The van der Waals surface area contributed by atoms with Crippen LogP contribution in [0.2, 0.25) is 0 Å². The monoisotopic (exact) mass is 793 g/mol. The fourth-order valence-electron chi connectivity index (χ4n) is 14.8. The second-order valence-corrected chi connectivity index (χ2v) is 22.6. The molecule has 9 atom stereocenters. The van der Waals surface area contributed by atoms with E-state index in [9.17, 15) is 29.4 Å². The number of hydrogen-bond donors (Lipinski definition) is 2. The van der Waals surface area contributed by atoms with Gasteiger partial charge in [-0.1, -0.05) is 60.5 Å². The van der Waals surface area contributed by atoms with Gasteiger partial charge in [0, 0.05) is 56.4 Å². The van der Waals surface area contributed by atoms with Crippen LogP contribution in [0.3, 0.4) is 0 Å². The minimum atomic E-state index is -1.17. The highest BCUT2D eigenvalue weighted by Gasteiger charge is 2.71. The molecular weight excluding hydrogens is 717 g/mol. The first-order valence-corrected chi connectivity index (χ1v) is 23.0. The van der Waals surface area contributed by atoms with Gasteiger partial charge in [-0.2, -0.15) is 0 Å². The Morgan fingerprint density at radius 1 is 0.912 bits per heavy atom. The predicted molar refractivity (Wildman–Crippen MR) is 221 cm³/mol. The number of aliphatic carboxylic acids is 1. The summed E-state index contributed by atoms with van der Waals surface area (Å²) in [4.78, 5) is 56.3.